The van der Waals surface area contributed by atoms with Crippen molar-refractivity contribution in [3.05, 3.63) is 94.9 Å². The summed E-state index contributed by atoms with van der Waals surface area (Å²) in [7, 11) is 0. The molecule has 5 rings (SSSR count). The smallest absolute Gasteiger partial charge is 0.348 e. The molecule has 0 aromatic rings. The van der Waals surface area contributed by atoms with Gasteiger partial charge in [-0.1, -0.05) is 63.1 Å². The van der Waals surface area contributed by atoms with E-state index in [0.29, 0.717) is 25.7 Å². The van der Waals surface area contributed by atoms with Crippen LogP contribution in [-0.2, 0) is 66.7 Å². The number of allylic oxidation sites excluding steroid dienone is 8. The van der Waals surface area contributed by atoms with Crippen molar-refractivity contribution in [1.82, 2.24) is 0 Å². The molecule has 0 bridgehead atoms. The Balaban J connectivity index is 1.13. The van der Waals surface area contributed by atoms with E-state index in [0.717, 1.165) is 12.2 Å². The molecular weight excluding hydrogens is 712 g/mol. The van der Waals surface area contributed by atoms with Crippen LogP contribution in [0.4, 0.5) is 0 Å². The Kier molecular flexibility index (Phi) is 11.2. The number of hydrogen-bond acceptors (Lipinski definition) is 16. The fourth-order valence-corrected chi connectivity index (χ4v) is 6.13. The molecule has 2 atom stereocenters. The van der Waals surface area contributed by atoms with Crippen LogP contribution in [-0.4, -0.2) is 59.0 Å². The summed E-state index contributed by atoms with van der Waals surface area (Å²) in [6.45, 7) is 6.69. The van der Waals surface area contributed by atoms with Crippen LogP contribution in [0.25, 0.3) is 0 Å². The van der Waals surface area contributed by atoms with E-state index in [1.807, 2.05) is 13.8 Å². The third-order valence-corrected chi connectivity index (χ3v) is 8.79. The third-order valence-electron chi connectivity index (χ3n) is 8.79. The zero-order valence-electron chi connectivity index (χ0n) is 30.0. The molecule has 2 unspecified atom stereocenters. The van der Waals surface area contributed by atoms with Crippen LogP contribution in [0.1, 0.15) is 79.1 Å². The Morgan fingerprint density at radius 3 is 1.11 bits per heavy atom. The molecule has 4 aliphatic heterocycles. The van der Waals surface area contributed by atoms with E-state index in [9.17, 15) is 39.0 Å². The molecule has 3 fully saturated rings. The molecule has 1 saturated carbocycles. The molecule has 54 heavy (non-hydrogen) atoms. The predicted molar refractivity (Wildman–Crippen MR) is 176 cm³/mol. The number of cyclic esters (lactones) is 2. The van der Waals surface area contributed by atoms with Crippen LogP contribution in [0.2, 0.25) is 0 Å². The van der Waals surface area contributed by atoms with Crippen molar-refractivity contribution < 1.29 is 76.9 Å². The average molecular weight is 751 g/mol. The molecule has 0 aromatic heterocycles. The first-order valence-corrected chi connectivity index (χ1v) is 17.3. The van der Waals surface area contributed by atoms with Gasteiger partial charge >= 0.3 is 35.8 Å². The Morgan fingerprint density at radius 2 is 0.815 bits per heavy atom. The van der Waals surface area contributed by atoms with Gasteiger partial charge in [-0.15, -0.1) is 0 Å². The van der Waals surface area contributed by atoms with E-state index < -0.39 is 82.0 Å². The molecule has 2 spiro atoms. The van der Waals surface area contributed by atoms with Gasteiger partial charge in [0.05, 0.1) is 23.0 Å². The highest BCUT2D eigenvalue weighted by molar-refractivity contribution is 6.16. The molecule has 16 nitrogen and oxygen atoms in total. The second-order valence-corrected chi connectivity index (χ2v) is 13.2. The topological polar surface area (TPSA) is 222 Å². The monoisotopic (exact) mass is 750 g/mol. The van der Waals surface area contributed by atoms with Crippen LogP contribution in [0.5, 0.6) is 0 Å². The van der Waals surface area contributed by atoms with Crippen molar-refractivity contribution in [3.8, 4) is 0 Å². The predicted octanol–water partition coefficient (Wildman–Crippen LogP) is 2.55. The van der Waals surface area contributed by atoms with Crippen molar-refractivity contribution in [2.45, 2.75) is 102 Å². The van der Waals surface area contributed by atoms with Gasteiger partial charge in [-0.2, -0.15) is 0 Å². The first-order valence-electron chi connectivity index (χ1n) is 17.3. The maximum absolute atomic E-state index is 12.8. The molecule has 0 aromatic carbocycles. The summed E-state index contributed by atoms with van der Waals surface area (Å²) in [6, 6.07) is 0. The molecule has 5 aliphatic rings. The molecule has 0 N–H and O–H groups in total. The second kappa shape index (κ2) is 15.5. The fourth-order valence-electron chi connectivity index (χ4n) is 6.13. The molecule has 0 amide bonds. The standard InChI is InChI=1S/C38H40O16/c1-5-17-35(3)47-27(39)23(28(40)48-35)13-9-7-11-15-25-31(43)51-37(52-32(25)44)19-21-38(22-20-37)53-33(45)26(34(46)54-38)16-12-8-10-14-24-29(41)49-36(4,18-6-2)50-30(24)42/h7-16,39,41H,5-6,17-22H2,1-4H3/p-2/b11-7+,12-8+,13-9+,14-10+,25-15?,26-16?. The Morgan fingerprint density at radius 1 is 0.481 bits per heavy atom. The summed E-state index contributed by atoms with van der Waals surface area (Å²) in [5.74, 6) is -13.3. The first kappa shape index (κ1) is 39.2. The van der Waals surface area contributed by atoms with Gasteiger partial charge in [0.1, 0.15) is 11.1 Å². The molecular formula is C38H38O16-2. The van der Waals surface area contributed by atoms with Crippen molar-refractivity contribution in [3.63, 3.8) is 0 Å². The Bertz CT molecular complexity index is 1680. The van der Waals surface area contributed by atoms with Crippen LogP contribution in [0.15, 0.2) is 94.9 Å². The van der Waals surface area contributed by atoms with Gasteiger partial charge in [0, 0.05) is 25.7 Å². The number of hydrogen-bond donors (Lipinski definition) is 0. The van der Waals surface area contributed by atoms with E-state index >= 15 is 0 Å². The maximum atomic E-state index is 12.8. The Labute approximate surface area is 309 Å². The zero-order valence-corrected chi connectivity index (χ0v) is 30.0. The zero-order chi connectivity index (χ0) is 39.3. The van der Waals surface area contributed by atoms with Crippen LogP contribution in [0, 0.1) is 0 Å². The lowest BCUT2D eigenvalue weighted by atomic mass is 9.87. The van der Waals surface area contributed by atoms with Gasteiger partial charge in [0.15, 0.2) is 11.6 Å². The fraction of sp³-hybridized carbons (Fsp3) is 0.421. The second-order valence-electron chi connectivity index (χ2n) is 13.2. The lowest BCUT2D eigenvalue weighted by molar-refractivity contribution is -0.397. The maximum Gasteiger partial charge on any atom is 0.348 e. The van der Waals surface area contributed by atoms with E-state index in [2.05, 4.69) is 0 Å². The summed E-state index contributed by atoms with van der Waals surface area (Å²) >= 11 is 0. The van der Waals surface area contributed by atoms with Gasteiger partial charge < -0.3 is 48.1 Å². The average Bonchev–Trinajstić information content (AvgIpc) is 3.06. The molecule has 4 heterocycles. The van der Waals surface area contributed by atoms with Crippen molar-refractivity contribution >= 4 is 35.8 Å². The molecule has 0 radical (unpaired) electrons. The minimum absolute atomic E-state index is 0.149. The number of rotatable bonds is 10. The largest absolute Gasteiger partial charge is 0.574 e. The van der Waals surface area contributed by atoms with Crippen LogP contribution in [0.3, 0.4) is 0 Å². The van der Waals surface area contributed by atoms with E-state index in [-0.39, 0.29) is 36.8 Å². The summed E-state index contributed by atoms with van der Waals surface area (Å²) in [5, 5.41) is 24.6. The number of carbonyl (C=O) groups excluding carboxylic acids is 6. The SMILES string of the molecule is CCCC1(C)OC(=O)C(/C=C/C=C/C=C2C(=O)OC3(CCC4(CC3)OC(=O)C(=C/C=C/C=C/C3=C([O-])OC(C)(CCC)OC3=O)C(=O)O4)OC2=O)=C([O-])O1. The molecule has 288 valence electrons. The van der Waals surface area contributed by atoms with Gasteiger partial charge in [-0.25, -0.2) is 28.8 Å². The van der Waals surface area contributed by atoms with Crippen LogP contribution < -0.4 is 10.2 Å². The van der Waals surface area contributed by atoms with Gasteiger partial charge in [0.25, 0.3) is 11.6 Å². The Hall–Kier alpha value is -6.06. The summed E-state index contributed by atoms with van der Waals surface area (Å²) in [4.78, 5) is 75.8. The summed E-state index contributed by atoms with van der Waals surface area (Å²) in [5.41, 5.74) is -1.51. The van der Waals surface area contributed by atoms with Crippen molar-refractivity contribution in [2.75, 3.05) is 0 Å². The number of carbonyl (C=O) groups is 6. The van der Waals surface area contributed by atoms with Gasteiger partial charge in [-0.3, -0.25) is 0 Å². The molecule has 16 heteroatoms. The highest BCUT2D eigenvalue weighted by Crippen LogP contribution is 2.45. The highest BCUT2D eigenvalue weighted by Gasteiger charge is 2.56. The van der Waals surface area contributed by atoms with Crippen LogP contribution >= 0.6 is 0 Å². The third kappa shape index (κ3) is 8.59. The number of esters is 6. The number of ether oxygens (including phenoxy) is 8. The lowest BCUT2D eigenvalue weighted by Gasteiger charge is -2.45. The lowest BCUT2D eigenvalue weighted by Crippen LogP contribution is -2.56. The first-order chi connectivity index (χ1) is 25.5. The van der Waals surface area contributed by atoms with Gasteiger partial charge in [0.2, 0.25) is 0 Å². The highest BCUT2D eigenvalue weighted by atomic mass is 16.8. The minimum atomic E-state index is -1.68. The normalized spacial score (nSPS) is 30.4. The quantitative estimate of drug-likeness (QED) is 0.103. The summed E-state index contributed by atoms with van der Waals surface area (Å²) in [6.07, 6.45) is 13.9. The van der Waals surface area contributed by atoms with Crippen molar-refractivity contribution in [2.24, 2.45) is 0 Å². The molecule has 1 aliphatic carbocycles. The minimum Gasteiger partial charge on any atom is -0.574 e. The summed E-state index contributed by atoms with van der Waals surface area (Å²) < 4.78 is 42.9. The van der Waals surface area contributed by atoms with Crippen molar-refractivity contribution in [1.29, 1.82) is 0 Å². The van der Waals surface area contributed by atoms with E-state index in [1.54, 1.807) is 0 Å². The molecule has 2 saturated heterocycles. The van der Waals surface area contributed by atoms with Gasteiger partial charge in [-0.05, 0) is 51.0 Å². The van der Waals surface area contributed by atoms with E-state index in [1.165, 1.54) is 62.5 Å². The van der Waals surface area contributed by atoms with E-state index in [4.69, 9.17) is 37.9 Å².